The van der Waals surface area contributed by atoms with Crippen molar-refractivity contribution in [3.05, 3.63) is 52.8 Å². The summed E-state index contributed by atoms with van der Waals surface area (Å²) < 4.78 is 82.8. The molecule has 0 aliphatic heterocycles. The number of rotatable bonds is 7. The molecule has 0 saturated heterocycles. The molecule has 30 heavy (non-hydrogen) atoms. The van der Waals surface area contributed by atoms with Gasteiger partial charge in [-0.3, -0.25) is 4.79 Å². The quantitative estimate of drug-likeness (QED) is 0.619. The molecule has 2 aromatic rings. The average Bonchev–Trinajstić information content (AvgIpc) is 2.64. The van der Waals surface area contributed by atoms with E-state index in [0.29, 0.717) is 23.0 Å². The van der Waals surface area contributed by atoms with Crippen LogP contribution in [0.15, 0.2) is 41.3 Å². The van der Waals surface area contributed by atoms with Gasteiger partial charge in [0.2, 0.25) is 15.9 Å². The number of halogens is 5. The van der Waals surface area contributed by atoms with E-state index in [0.717, 1.165) is 19.2 Å². The minimum absolute atomic E-state index is 0.0572. The number of hydrogen-bond donors (Lipinski definition) is 1. The minimum atomic E-state index is -4.95. The first-order valence-electron chi connectivity index (χ1n) is 8.41. The van der Waals surface area contributed by atoms with Crippen LogP contribution < -0.4 is 10.1 Å². The van der Waals surface area contributed by atoms with Gasteiger partial charge < -0.3 is 10.1 Å². The molecule has 0 radical (unpaired) electrons. The van der Waals surface area contributed by atoms with Crippen LogP contribution in [0.4, 0.5) is 23.2 Å². The van der Waals surface area contributed by atoms with Crippen molar-refractivity contribution in [3.8, 4) is 5.75 Å². The molecule has 0 bridgehead atoms. The Bertz CT molecular complexity index is 1040. The predicted molar refractivity (Wildman–Crippen MR) is 102 cm³/mol. The molecule has 0 aromatic heterocycles. The van der Waals surface area contributed by atoms with Crippen molar-refractivity contribution in [2.75, 3.05) is 25.5 Å². The summed E-state index contributed by atoms with van der Waals surface area (Å²) in [4.78, 5) is 11.9. The molecule has 1 N–H and O–H groups in total. The molecule has 0 aliphatic carbocycles. The third kappa shape index (κ3) is 5.61. The van der Waals surface area contributed by atoms with E-state index in [9.17, 15) is 30.8 Å². The number of benzene rings is 2. The lowest BCUT2D eigenvalue weighted by atomic mass is 10.2. The van der Waals surface area contributed by atoms with E-state index in [1.54, 1.807) is 6.92 Å². The molecule has 0 aliphatic rings. The highest BCUT2D eigenvalue weighted by atomic mass is 35.5. The largest absolute Gasteiger partial charge is 0.492 e. The maximum absolute atomic E-state index is 13.3. The molecular weight excluding hydrogens is 452 g/mol. The van der Waals surface area contributed by atoms with Gasteiger partial charge in [-0.1, -0.05) is 11.6 Å². The monoisotopic (exact) mass is 468 g/mol. The summed E-state index contributed by atoms with van der Waals surface area (Å²) in [6.07, 6.45) is -4.95. The molecule has 12 heteroatoms. The van der Waals surface area contributed by atoms with Crippen molar-refractivity contribution in [1.82, 2.24) is 4.31 Å². The molecule has 0 atom stereocenters. The number of anilines is 1. The molecular formula is C18H17ClF4N2O4S. The Hall–Kier alpha value is -2.37. The fourth-order valence-corrected chi connectivity index (χ4v) is 3.86. The fourth-order valence-electron chi connectivity index (χ4n) is 2.40. The number of alkyl halides is 3. The van der Waals surface area contributed by atoms with Crippen LogP contribution in [0.25, 0.3) is 0 Å². The van der Waals surface area contributed by atoms with Crippen LogP contribution in [0, 0.1) is 5.82 Å². The molecule has 0 heterocycles. The summed E-state index contributed by atoms with van der Waals surface area (Å²) in [6, 6.07) is 5.68. The lowest BCUT2D eigenvalue weighted by Gasteiger charge is -2.18. The second-order valence-corrected chi connectivity index (χ2v) is 8.48. The number of nitrogens with one attached hydrogen (secondary N) is 1. The van der Waals surface area contributed by atoms with Crippen LogP contribution in [-0.2, 0) is 21.0 Å². The maximum atomic E-state index is 13.3. The summed E-state index contributed by atoms with van der Waals surface area (Å²) in [5, 5.41) is 2.17. The number of carbonyl (C=O) groups excluding carboxylic acids is 1. The molecule has 0 saturated carbocycles. The second kappa shape index (κ2) is 9.19. The smallest absolute Gasteiger partial charge is 0.419 e. The van der Waals surface area contributed by atoms with Crippen molar-refractivity contribution in [1.29, 1.82) is 0 Å². The Morgan fingerprint density at radius 1 is 1.20 bits per heavy atom. The maximum Gasteiger partial charge on any atom is 0.419 e. The van der Waals surface area contributed by atoms with Crippen LogP contribution in [0.3, 0.4) is 0 Å². The molecule has 2 rings (SSSR count). The summed E-state index contributed by atoms with van der Waals surface area (Å²) in [5.74, 6) is -2.12. The highest BCUT2D eigenvalue weighted by molar-refractivity contribution is 7.89. The second-order valence-electron chi connectivity index (χ2n) is 6.03. The topological polar surface area (TPSA) is 75.7 Å². The number of carbonyl (C=O) groups is 1. The van der Waals surface area contributed by atoms with Gasteiger partial charge in [0.25, 0.3) is 0 Å². The highest BCUT2D eigenvalue weighted by Crippen LogP contribution is 2.33. The van der Waals surface area contributed by atoms with Crippen LogP contribution in [0.2, 0.25) is 5.02 Å². The Labute approximate surface area is 175 Å². The van der Waals surface area contributed by atoms with Gasteiger partial charge >= 0.3 is 6.18 Å². The van der Waals surface area contributed by atoms with Gasteiger partial charge in [-0.05, 0) is 43.3 Å². The Kier molecular flexibility index (Phi) is 7.32. The van der Waals surface area contributed by atoms with Crippen LogP contribution in [0.1, 0.15) is 12.5 Å². The third-order valence-electron chi connectivity index (χ3n) is 3.83. The molecule has 6 nitrogen and oxygen atoms in total. The fraction of sp³-hybridized carbons (Fsp3) is 0.278. The van der Waals surface area contributed by atoms with Crippen LogP contribution in [-0.4, -0.2) is 38.8 Å². The Morgan fingerprint density at radius 2 is 1.87 bits per heavy atom. The van der Waals surface area contributed by atoms with Gasteiger partial charge in [0, 0.05) is 12.7 Å². The van der Waals surface area contributed by atoms with Crippen molar-refractivity contribution in [3.63, 3.8) is 0 Å². The lowest BCUT2D eigenvalue weighted by Crippen LogP contribution is -2.35. The Balaban J connectivity index is 2.14. The van der Waals surface area contributed by atoms with Gasteiger partial charge in [0.05, 0.1) is 28.6 Å². The Morgan fingerprint density at radius 3 is 2.43 bits per heavy atom. The summed E-state index contributed by atoms with van der Waals surface area (Å²) in [5.41, 5.74) is -1.88. The SMILES string of the molecule is CCOc1ccc(S(=O)(=O)N(C)CC(=O)Nc2ccc(F)c(C(F)(F)F)c2)cc1Cl. The zero-order valence-corrected chi connectivity index (χ0v) is 17.3. The van der Waals surface area contributed by atoms with Gasteiger partial charge in [-0.15, -0.1) is 0 Å². The summed E-state index contributed by atoms with van der Waals surface area (Å²) >= 11 is 5.99. The van der Waals surface area contributed by atoms with Gasteiger partial charge in [0.15, 0.2) is 0 Å². The summed E-state index contributed by atoms with van der Waals surface area (Å²) in [7, 11) is -3.01. The molecule has 2 aromatic carbocycles. The van der Waals surface area contributed by atoms with E-state index in [4.69, 9.17) is 16.3 Å². The number of amides is 1. The van der Waals surface area contributed by atoms with Gasteiger partial charge in [0.1, 0.15) is 11.6 Å². The standard InChI is InChI=1S/C18H17ClF4N2O4S/c1-3-29-16-7-5-12(9-14(16)19)30(27,28)25(2)10-17(26)24-11-4-6-15(20)13(8-11)18(21,22)23/h4-9H,3,10H2,1-2H3,(H,24,26). The van der Waals surface area contributed by atoms with E-state index in [1.165, 1.54) is 12.1 Å². The van der Waals surface area contributed by atoms with Gasteiger partial charge in [-0.25, -0.2) is 12.8 Å². The number of hydrogen-bond acceptors (Lipinski definition) is 4. The van der Waals surface area contributed by atoms with Gasteiger partial charge in [-0.2, -0.15) is 17.5 Å². The lowest BCUT2D eigenvalue weighted by molar-refractivity contribution is -0.140. The number of ether oxygens (including phenoxy) is 1. The molecule has 1 amide bonds. The van der Waals surface area contributed by atoms with Crippen LogP contribution >= 0.6 is 11.6 Å². The first-order valence-corrected chi connectivity index (χ1v) is 10.2. The summed E-state index contributed by atoms with van der Waals surface area (Å²) in [6.45, 7) is 1.35. The molecule has 0 fully saturated rings. The van der Waals surface area contributed by atoms with Crippen molar-refractivity contribution < 1.29 is 35.5 Å². The first kappa shape index (κ1) is 23.9. The molecule has 164 valence electrons. The van der Waals surface area contributed by atoms with E-state index in [1.807, 2.05) is 0 Å². The first-order chi connectivity index (χ1) is 13.9. The zero-order chi connectivity index (χ0) is 22.7. The van der Waals surface area contributed by atoms with E-state index in [-0.39, 0.29) is 21.4 Å². The average molecular weight is 469 g/mol. The van der Waals surface area contributed by atoms with Crippen LogP contribution in [0.5, 0.6) is 5.75 Å². The van der Waals surface area contributed by atoms with E-state index >= 15 is 0 Å². The number of nitrogens with zero attached hydrogens (tertiary/aromatic N) is 1. The third-order valence-corrected chi connectivity index (χ3v) is 5.93. The predicted octanol–water partition coefficient (Wildman–Crippen LogP) is 4.16. The highest BCUT2D eigenvalue weighted by Gasteiger charge is 2.34. The molecule has 0 spiro atoms. The minimum Gasteiger partial charge on any atom is -0.492 e. The number of likely N-dealkylation sites (N-methyl/N-ethyl adjacent to an activating group) is 1. The van der Waals surface area contributed by atoms with Crippen molar-refractivity contribution in [2.45, 2.75) is 18.0 Å². The van der Waals surface area contributed by atoms with E-state index in [2.05, 4.69) is 5.32 Å². The van der Waals surface area contributed by atoms with Crippen molar-refractivity contribution in [2.24, 2.45) is 0 Å². The normalized spacial score (nSPS) is 12.1. The zero-order valence-electron chi connectivity index (χ0n) is 15.8. The molecule has 0 unspecified atom stereocenters. The number of sulfonamides is 1. The van der Waals surface area contributed by atoms with Crippen molar-refractivity contribution >= 4 is 33.2 Å². The van der Waals surface area contributed by atoms with E-state index < -0.39 is 40.0 Å².